The molecule has 2 rings (SSSR count). The van der Waals surface area contributed by atoms with E-state index in [0.29, 0.717) is 17.0 Å². The number of piperidine rings is 1. The van der Waals surface area contributed by atoms with Gasteiger partial charge in [0.25, 0.3) is 5.91 Å². The smallest absolute Gasteiger partial charge is 0.254 e. The zero-order valence-corrected chi connectivity index (χ0v) is 11.2. The lowest BCUT2D eigenvalue weighted by atomic mass is 9.91. The normalized spacial score (nSPS) is 24.1. The molecule has 0 N–H and O–H groups in total. The van der Waals surface area contributed by atoms with Crippen LogP contribution < -0.4 is 0 Å². The van der Waals surface area contributed by atoms with Crippen molar-refractivity contribution >= 4 is 5.91 Å². The van der Waals surface area contributed by atoms with Crippen molar-refractivity contribution < 1.29 is 9.18 Å². The topological polar surface area (TPSA) is 20.3 Å². The number of carbonyl (C=O) groups is 1. The van der Waals surface area contributed by atoms with Gasteiger partial charge in [0.05, 0.1) is 0 Å². The predicted octanol–water partition coefficient (Wildman–Crippen LogP) is 3.39. The maximum atomic E-state index is 13.2. The SMILES string of the molecule is Cc1cc(C(=O)N2CCCC(C)C2C)ccc1F. The van der Waals surface area contributed by atoms with Crippen molar-refractivity contribution in [2.75, 3.05) is 6.54 Å². The Morgan fingerprint density at radius 3 is 2.78 bits per heavy atom. The molecule has 0 aromatic heterocycles. The summed E-state index contributed by atoms with van der Waals surface area (Å²) in [5.41, 5.74) is 1.12. The predicted molar refractivity (Wildman–Crippen MR) is 70.0 cm³/mol. The summed E-state index contributed by atoms with van der Waals surface area (Å²) in [6.45, 7) is 6.77. The first-order valence-electron chi connectivity index (χ1n) is 6.58. The van der Waals surface area contributed by atoms with Crippen LogP contribution in [0.2, 0.25) is 0 Å². The number of likely N-dealkylation sites (tertiary alicyclic amines) is 1. The van der Waals surface area contributed by atoms with Gasteiger partial charge in [-0.2, -0.15) is 0 Å². The number of aryl methyl sites for hydroxylation is 1. The lowest BCUT2D eigenvalue weighted by Gasteiger charge is -2.38. The number of carbonyl (C=O) groups excluding carboxylic acids is 1. The molecule has 1 fully saturated rings. The number of nitrogens with zero attached hydrogens (tertiary/aromatic N) is 1. The highest BCUT2D eigenvalue weighted by molar-refractivity contribution is 5.94. The van der Waals surface area contributed by atoms with E-state index in [1.165, 1.54) is 12.5 Å². The second-order valence-electron chi connectivity index (χ2n) is 5.32. The summed E-state index contributed by atoms with van der Waals surface area (Å²) in [5.74, 6) is 0.299. The molecule has 0 radical (unpaired) electrons. The third-order valence-electron chi connectivity index (χ3n) is 4.04. The number of hydrogen-bond acceptors (Lipinski definition) is 1. The second-order valence-corrected chi connectivity index (χ2v) is 5.32. The first-order valence-corrected chi connectivity index (χ1v) is 6.58. The van der Waals surface area contributed by atoms with Crippen LogP contribution in [0.15, 0.2) is 18.2 Å². The van der Waals surface area contributed by atoms with E-state index in [-0.39, 0.29) is 17.8 Å². The van der Waals surface area contributed by atoms with Crippen LogP contribution >= 0.6 is 0 Å². The van der Waals surface area contributed by atoms with Gasteiger partial charge in [-0.3, -0.25) is 4.79 Å². The van der Waals surface area contributed by atoms with Gasteiger partial charge in [0.2, 0.25) is 0 Å². The van der Waals surface area contributed by atoms with Crippen LogP contribution in [0.3, 0.4) is 0 Å². The van der Waals surface area contributed by atoms with E-state index < -0.39 is 0 Å². The minimum absolute atomic E-state index is 0.0251. The van der Waals surface area contributed by atoms with Crippen LogP contribution in [-0.4, -0.2) is 23.4 Å². The van der Waals surface area contributed by atoms with Gasteiger partial charge in [0.1, 0.15) is 5.82 Å². The molecule has 2 atom stereocenters. The van der Waals surface area contributed by atoms with Crippen molar-refractivity contribution in [1.82, 2.24) is 4.90 Å². The Labute approximate surface area is 108 Å². The molecule has 98 valence electrons. The maximum absolute atomic E-state index is 13.2. The molecule has 0 bridgehead atoms. The van der Waals surface area contributed by atoms with Crippen LogP contribution in [0.5, 0.6) is 0 Å². The Morgan fingerprint density at radius 1 is 1.39 bits per heavy atom. The van der Waals surface area contributed by atoms with Crippen molar-refractivity contribution in [2.24, 2.45) is 5.92 Å². The Bertz CT molecular complexity index is 458. The largest absolute Gasteiger partial charge is 0.336 e. The van der Waals surface area contributed by atoms with Crippen molar-refractivity contribution in [3.63, 3.8) is 0 Å². The van der Waals surface area contributed by atoms with Gasteiger partial charge in [0.15, 0.2) is 0 Å². The first kappa shape index (κ1) is 13.1. The quantitative estimate of drug-likeness (QED) is 0.747. The minimum Gasteiger partial charge on any atom is -0.336 e. The van der Waals surface area contributed by atoms with Gasteiger partial charge >= 0.3 is 0 Å². The van der Waals surface area contributed by atoms with E-state index >= 15 is 0 Å². The van der Waals surface area contributed by atoms with Gasteiger partial charge in [0, 0.05) is 18.2 Å². The van der Waals surface area contributed by atoms with Crippen molar-refractivity contribution in [2.45, 2.75) is 39.7 Å². The summed E-state index contributed by atoms with van der Waals surface area (Å²) in [4.78, 5) is 14.3. The summed E-state index contributed by atoms with van der Waals surface area (Å²) in [7, 11) is 0. The fourth-order valence-corrected chi connectivity index (χ4v) is 2.57. The average Bonchev–Trinajstić information content (AvgIpc) is 2.35. The lowest BCUT2D eigenvalue weighted by Crippen LogP contribution is -2.46. The number of rotatable bonds is 1. The van der Waals surface area contributed by atoms with Gasteiger partial charge in [-0.25, -0.2) is 4.39 Å². The van der Waals surface area contributed by atoms with Crippen molar-refractivity contribution in [1.29, 1.82) is 0 Å². The van der Waals surface area contributed by atoms with E-state index in [1.807, 2.05) is 4.90 Å². The maximum Gasteiger partial charge on any atom is 0.254 e. The molecular formula is C15H20FNO. The van der Waals surface area contributed by atoms with Gasteiger partial charge in [-0.1, -0.05) is 6.92 Å². The third kappa shape index (κ3) is 2.40. The summed E-state index contributed by atoms with van der Waals surface area (Å²) < 4.78 is 13.2. The molecule has 1 heterocycles. The number of hydrogen-bond donors (Lipinski definition) is 0. The highest BCUT2D eigenvalue weighted by Gasteiger charge is 2.29. The fraction of sp³-hybridized carbons (Fsp3) is 0.533. The molecule has 1 amide bonds. The molecule has 1 aliphatic rings. The van der Waals surface area contributed by atoms with Gasteiger partial charge in [-0.15, -0.1) is 0 Å². The van der Waals surface area contributed by atoms with Crippen LogP contribution in [0.1, 0.15) is 42.6 Å². The molecule has 1 aliphatic heterocycles. The molecular weight excluding hydrogens is 229 g/mol. The van der Waals surface area contributed by atoms with E-state index in [9.17, 15) is 9.18 Å². The van der Waals surface area contributed by atoms with E-state index in [2.05, 4.69) is 13.8 Å². The Morgan fingerprint density at radius 2 is 2.11 bits per heavy atom. The number of benzene rings is 1. The molecule has 1 saturated heterocycles. The van der Waals surface area contributed by atoms with Crippen LogP contribution in [0.4, 0.5) is 4.39 Å². The molecule has 1 aromatic rings. The molecule has 0 saturated carbocycles. The molecule has 18 heavy (non-hydrogen) atoms. The summed E-state index contributed by atoms with van der Waals surface area (Å²) in [6.07, 6.45) is 2.23. The van der Waals surface area contributed by atoms with E-state index in [1.54, 1.807) is 19.1 Å². The Hall–Kier alpha value is -1.38. The summed E-state index contributed by atoms with van der Waals surface area (Å²) in [6, 6.07) is 4.86. The van der Waals surface area contributed by atoms with Crippen LogP contribution in [0, 0.1) is 18.7 Å². The first-order chi connectivity index (χ1) is 8.50. The summed E-state index contributed by atoms with van der Waals surface area (Å²) in [5, 5.41) is 0. The zero-order valence-electron chi connectivity index (χ0n) is 11.2. The van der Waals surface area contributed by atoms with Gasteiger partial charge < -0.3 is 4.90 Å². The van der Waals surface area contributed by atoms with Crippen molar-refractivity contribution in [3.8, 4) is 0 Å². The standard InChI is InChI=1S/C15H20FNO/c1-10-5-4-8-17(12(10)3)15(18)13-6-7-14(16)11(2)9-13/h6-7,9-10,12H,4-5,8H2,1-3H3. The van der Waals surface area contributed by atoms with E-state index in [4.69, 9.17) is 0 Å². The molecule has 1 aromatic carbocycles. The number of amides is 1. The zero-order chi connectivity index (χ0) is 13.3. The monoisotopic (exact) mass is 249 g/mol. The highest BCUT2D eigenvalue weighted by Crippen LogP contribution is 2.24. The minimum atomic E-state index is -0.258. The fourth-order valence-electron chi connectivity index (χ4n) is 2.57. The summed E-state index contributed by atoms with van der Waals surface area (Å²) >= 11 is 0. The Balaban J connectivity index is 2.22. The molecule has 2 unspecified atom stereocenters. The van der Waals surface area contributed by atoms with E-state index in [0.717, 1.165) is 13.0 Å². The molecule has 0 aliphatic carbocycles. The third-order valence-corrected chi connectivity index (χ3v) is 4.04. The van der Waals surface area contributed by atoms with Gasteiger partial charge in [-0.05, 0) is 56.4 Å². The number of halogens is 1. The molecule has 2 nitrogen and oxygen atoms in total. The van der Waals surface area contributed by atoms with Crippen LogP contribution in [0.25, 0.3) is 0 Å². The Kier molecular flexibility index (Phi) is 3.69. The van der Waals surface area contributed by atoms with Crippen LogP contribution in [-0.2, 0) is 0 Å². The second kappa shape index (κ2) is 5.09. The van der Waals surface area contributed by atoms with Crippen molar-refractivity contribution in [3.05, 3.63) is 35.1 Å². The molecule has 0 spiro atoms. The average molecular weight is 249 g/mol. The lowest BCUT2D eigenvalue weighted by molar-refractivity contribution is 0.0551. The molecule has 3 heteroatoms. The highest BCUT2D eigenvalue weighted by atomic mass is 19.1.